The fourth-order valence-electron chi connectivity index (χ4n) is 5.44. The van der Waals surface area contributed by atoms with Crippen LogP contribution in [0.4, 0.5) is 11.4 Å². The zero-order chi connectivity index (χ0) is 29.3. The molecule has 0 aliphatic heterocycles. The van der Waals surface area contributed by atoms with E-state index in [9.17, 15) is 0 Å². The molecule has 0 saturated heterocycles. The molecule has 0 radical (unpaired) electrons. The first-order valence-corrected chi connectivity index (χ1v) is 11.8. The highest BCUT2D eigenvalue weighted by Crippen LogP contribution is 2.55. The van der Waals surface area contributed by atoms with Crippen molar-refractivity contribution in [3.8, 4) is 22.3 Å². The number of fused-ring (bicyclic) bond motifs is 3. The molecule has 0 amide bonds. The summed E-state index contributed by atoms with van der Waals surface area (Å²) in [6.45, 7) is 5.39. The highest BCUT2D eigenvalue weighted by atomic mass is 15.2. The van der Waals surface area contributed by atoms with Gasteiger partial charge in [-0.05, 0) is 91.1 Å². The van der Waals surface area contributed by atoms with Gasteiger partial charge in [0.2, 0.25) is 0 Å². The predicted octanol–water partition coefficient (Wildman–Crippen LogP) is 9.21. The van der Waals surface area contributed by atoms with Crippen molar-refractivity contribution in [1.29, 1.82) is 0 Å². The molecule has 0 unspecified atom stereocenters. The van der Waals surface area contributed by atoms with Crippen LogP contribution in [0.25, 0.3) is 22.3 Å². The summed E-state index contributed by atoms with van der Waals surface area (Å²) >= 11 is 0. The zero-order valence-electron chi connectivity index (χ0n) is 26.5. The van der Waals surface area contributed by atoms with Gasteiger partial charge in [-0.3, -0.25) is 0 Å². The molecule has 0 spiro atoms. The van der Waals surface area contributed by atoms with Crippen LogP contribution in [-0.2, 0) is 5.41 Å². The third-order valence-corrected chi connectivity index (χ3v) is 6.93. The Morgan fingerprint density at radius 3 is 2.12 bits per heavy atom. The van der Waals surface area contributed by atoms with Gasteiger partial charge in [-0.15, -0.1) is 0 Å². The summed E-state index contributed by atoms with van der Waals surface area (Å²) < 4.78 is 51.3. The molecule has 0 atom stereocenters. The Kier molecular flexibility index (Phi) is 3.78. The maximum atomic E-state index is 8.55. The quantitative estimate of drug-likeness (QED) is 0.300. The average Bonchev–Trinajstić information content (AvgIpc) is 3.10. The fraction of sp³-hybridized carbons (Fsp3) is 0.273. The van der Waals surface area contributed by atoms with Gasteiger partial charge in [0.25, 0.3) is 0 Å². The average molecular weight is 452 g/mol. The Labute approximate surface area is 213 Å². The first-order valence-electron chi connectivity index (χ1n) is 14.8. The Hall–Kier alpha value is -3.32. The van der Waals surface area contributed by atoms with Crippen LogP contribution >= 0.6 is 0 Å². The Morgan fingerprint density at radius 1 is 0.706 bits per heavy atom. The lowest BCUT2D eigenvalue weighted by Gasteiger charge is -2.42. The molecule has 0 fully saturated rings. The molecular weight excluding hydrogens is 410 g/mol. The minimum absolute atomic E-state index is 0.186. The van der Waals surface area contributed by atoms with E-state index in [1.807, 2.05) is 86.3 Å². The largest absolute Gasteiger partial charge is 0.335 e. The number of hydrogen-bond acceptors (Lipinski definition) is 1. The van der Waals surface area contributed by atoms with E-state index in [2.05, 4.69) is 26.0 Å². The first-order chi connectivity index (χ1) is 18.5. The van der Waals surface area contributed by atoms with E-state index in [1.54, 1.807) is 12.1 Å². The van der Waals surface area contributed by atoms with Crippen molar-refractivity contribution >= 4 is 11.4 Å². The van der Waals surface area contributed by atoms with Crippen molar-refractivity contribution in [3.05, 3.63) is 107 Å². The van der Waals surface area contributed by atoms with Crippen LogP contribution in [0.5, 0.6) is 0 Å². The molecule has 0 heterocycles. The van der Waals surface area contributed by atoms with Crippen molar-refractivity contribution in [1.82, 2.24) is 0 Å². The highest BCUT2D eigenvalue weighted by molar-refractivity contribution is 5.90. The smallest absolute Gasteiger partial charge is 0.0493 e. The number of hydrogen-bond donors (Lipinski definition) is 0. The monoisotopic (exact) mass is 451 g/mol. The van der Waals surface area contributed by atoms with Crippen LogP contribution in [0.3, 0.4) is 0 Å². The second-order valence-electron chi connectivity index (χ2n) is 10.7. The molecule has 34 heavy (non-hydrogen) atoms. The third-order valence-electron chi connectivity index (χ3n) is 6.93. The molecule has 0 N–H and O–H groups in total. The van der Waals surface area contributed by atoms with Gasteiger partial charge in [-0.1, -0.05) is 86.6 Å². The molecule has 4 aromatic carbocycles. The van der Waals surface area contributed by atoms with Crippen LogP contribution in [-0.4, -0.2) is 5.54 Å². The number of anilines is 2. The Bertz CT molecular complexity index is 1570. The second kappa shape index (κ2) is 7.87. The minimum atomic E-state index is -2.43. The Morgan fingerprint density at radius 2 is 1.41 bits per heavy atom. The van der Waals surface area contributed by atoms with E-state index in [0.29, 0.717) is 11.4 Å². The maximum Gasteiger partial charge on any atom is 0.0493 e. The normalized spacial score (nSPS) is 17.3. The molecule has 4 aromatic rings. The van der Waals surface area contributed by atoms with Gasteiger partial charge >= 0.3 is 0 Å². The molecule has 1 aliphatic rings. The molecule has 0 saturated carbocycles. The van der Waals surface area contributed by atoms with E-state index in [0.717, 1.165) is 33.4 Å². The maximum absolute atomic E-state index is 8.55. The van der Waals surface area contributed by atoms with E-state index in [4.69, 9.17) is 8.22 Å². The standard InChI is InChI=1S/C33H35N/c1-22-17-19-27-26-15-11-12-16-28(26)33(6,7)30(27)31(22)34(32(3,4)5)29-20-18-25(21-23(29)2)24-13-9-8-10-14-24/h8-21H,1-7H3/i1D3,2D3. The summed E-state index contributed by atoms with van der Waals surface area (Å²) in [5.41, 5.74) is 6.08. The lowest BCUT2D eigenvalue weighted by Crippen LogP contribution is -2.40. The molecule has 0 aromatic heterocycles. The summed E-state index contributed by atoms with van der Waals surface area (Å²) in [6.07, 6.45) is 0. The molecule has 1 nitrogen and oxygen atoms in total. The van der Waals surface area contributed by atoms with Crippen LogP contribution in [0, 0.1) is 13.7 Å². The topological polar surface area (TPSA) is 3.24 Å². The molecular formula is C33H35N. The third kappa shape index (κ3) is 3.46. The summed E-state index contributed by atoms with van der Waals surface area (Å²) in [5.74, 6) is 0. The van der Waals surface area contributed by atoms with Gasteiger partial charge in [0.15, 0.2) is 0 Å². The van der Waals surface area contributed by atoms with E-state index < -0.39 is 24.7 Å². The van der Waals surface area contributed by atoms with Crippen molar-refractivity contribution in [2.24, 2.45) is 0 Å². The lowest BCUT2D eigenvalue weighted by molar-refractivity contribution is 0.551. The minimum Gasteiger partial charge on any atom is -0.335 e. The lowest BCUT2D eigenvalue weighted by atomic mass is 9.80. The predicted molar refractivity (Wildman–Crippen MR) is 147 cm³/mol. The summed E-state index contributed by atoms with van der Waals surface area (Å²) in [4.78, 5) is 1.96. The van der Waals surface area contributed by atoms with Crippen LogP contribution < -0.4 is 4.90 Å². The summed E-state index contributed by atoms with van der Waals surface area (Å²) in [7, 11) is 0. The van der Waals surface area contributed by atoms with Gasteiger partial charge in [-0.25, -0.2) is 0 Å². The van der Waals surface area contributed by atoms with E-state index in [-0.39, 0.29) is 11.1 Å². The van der Waals surface area contributed by atoms with E-state index >= 15 is 0 Å². The Balaban J connectivity index is 1.88. The molecule has 5 rings (SSSR count). The SMILES string of the molecule is [2H]C([2H])([2H])c1cc(-c2ccccc2)ccc1N(c1c(C([2H])([2H])[2H])ccc2c1C(C)(C)c1ccccc1-2)C(C)(C)C. The highest BCUT2D eigenvalue weighted by Gasteiger charge is 2.41. The summed E-state index contributed by atoms with van der Waals surface area (Å²) in [6, 6.07) is 27.0. The first kappa shape index (κ1) is 16.3. The van der Waals surface area contributed by atoms with Crippen LogP contribution in [0.15, 0.2) is 84.9 Å². The van der Waals surface area contributed by atoms with Gasteiger partial charge < -0.3 is 4.90 Å². The molecule has 1 heteroatoms. The van der Waals surface area contributed by atoms with Crippen molar-refractivity contribution in [2.75, 3.05) is 4.90 Å². The fourth-order valence-corrected chi connectivity index (χ4v) is 5.44. The van der Waals surface area contributed by atoms with Crippen molar-refractivity contribution < 1.29 is 8.22 Å². The van der Waals surface area contributed by atoms with Gasteiger partial charge in [-0.2, -0.15) is 0 Å². The van der Waals surface area contributed by atoms with Crippen LogP contribution in [0.2, 0.25) is 0 Å². The summed E-state index contributed by atoms with van der Waals surface area (Å²) in [5, 5.41) is 0. The second-order valence-corrected chi connectivity index (χ2v) is 10.7. The molecule has 172 valence electrons. The van der Waals surface area contributed by atoms with Crippen molar-refractivity contribution in [3.63, 3.8) is 0 Å². The van der Waals surface area contributed by atoms with E-state index in [1.165, 1.54) is 0 Å². The number of aryl methyl sites for hydroxylation is 2. The number of benzene rings is 4. The molecule has 0 bridgehead atoms. The van der Waals surface area contributed by atoms with Gasteiger partial charge in [0.1, 0.15) is 0 Å². The van der Waals surface area contributed by atoms with Gasteiger partial charge in [0.05, 0.1) is 0 Å². The molecule has 1 aliphatic carbocycles. The zero-order valence-corrected chi connectivity index (χ0v) is 20.5. The van der Waals surface area contributed by atoms with Crippen LogP contribution in [0.1, 0.15) is 65.1 Å². The van der Waals surface area contributed by atoms with Gasteiger partial charge in [0, 0.05) is 30.6 Å². The van der Waals surface area contributed by atoms with Crippen molar-refractivity contribution in [2.45, 2.75) is 59.3 Å². The number of nitrogens with zero attached hydrogens (tertiary/aromatic N) is 1. The number of rotatable bonds is 3.